The number of aromatic nitrogens is 2. The maximum absolute atomic E-state index is 5.66. The summed E-state index contributed by atoms with van der Waals surface area (Å²) in [6, 6.07) is 5.84. The minimum absolute atomic E-state index is 0.793. The van der Waals surface area contributed by atoms with Crippen LogP contribution in [0.3, 0.4) is 0 Å². The van der Waals surface area contributed by atoms with Gasteiger partial charge in [0.2, 0.25) is 0 Å². The smallest absolute Gasteiger partial charge is 0.0991 e. The number of imidazole rings is 1. The fraction of sp³-hybridized carbons (Fsp3) is 0.100. The summed E-state index contributed by atoms with van der Waals surface area (Å²) in [6.07, 6.45) is 5.45. The Morgan fingerprint density at radius 3 is 2.85 bits per heavy atom. The van der Waals surface area contributed by atoms with Gasteiger partial charge in [0.05, 0.1) is 6.33 Å². The monoisotopic (exact) mass is 173 g/mol. The second-order valence-electron chi connectivity index (χ2n) is 3.02. The molecule has 0 radical (unpaired) electrons. The number of hydrogen-bond donors (Lipinski definition) is 1. The lowest BCUT2D eigenvalue weighted by Crippen LogP contribution is -1.95. The predicted octanol–water partition coefficient (Wildman–Crippen LogP) is 1.76. The van der Waals surface area contributed by atoms with Crippen LogP contribution in [0.1, 0.15) is 5.56 Å². The summed E-state index contributed by atoms with van der Waals surface area (Å²) < 4.78 is 1.97. The van der Waals surface area contributed by atoms with Gasteiger partial charge < -0.3 is 10.3 Å². The van der Waals surface area contributed by atoms with E-state index in [-0.39, 0.29) is 0 Å². The molecule has 1 aromatic heterocycles. The first-order valence-corrected chi connectivity index (χ1v) is 4.12. The van der Waals surface area contributed by atoms with Crippen LogP contribution in [0, 0.1) is 6.92 Å². The lowest BCUT2D eigenvalue weighted by atomic mass is 10.2. The van der Waals surface area contributed by atoms with Gasteiger partial charge in [0.15, 0.2) is 0 Å². The van der Waals surface area contributed by atoms with Gasteiger partial charge in [-0.25, -0.2) is 4.98 Å². The van der Waals surface area contributed by atoms with Crippen LogP contribution in [0.2, 0.25) is 0 Å². The number of nitrogens with zero attached hydrogens (tertiary/aromatic N) is 2. The van der Waals surface area contributed by atoms with Crippen LogP contribution in [-0.2, 0) is 0 Å². The Bertz CT molecular complexity index is 404. The van der Waals surface area contributed by atoms with Gasteiger partial charge >= 0.3 is 0 Å². The van der Waals surface area contributed by atoms with Gasteiger partial charge in [-0.1, -0.05) is 0 Å². The molecule has 0 fully saturated rings. The average molecular weight is 173 g/mol. The van der Waals surface area contributed by atoms with Crippen LogP contribution >= 0.6 is 0 Å². The first-order chi connectivity index (χ1) is 6.27. The van der Waals surface area contributed by atoms with Crippen LogP contribution in [0.4, 0.5) is 5.69 Å². The molecule has 0 saturated carbocycles. The van der Waals surface area contributed by atoms with Gasteiger partial charge in [0.25, 0.3) is 0 Å². The fourth-order valence-corrected chi connectivity index (χ4v) is 1.37. The molecule has 0 aliphatic rings. The minimum atomic E-state index is 0.793. The molecule has 3 heteroatoms. The van der Waals surface area contributed by atoms with Crippen molar-refractivity contribution in [2.75, 3.05) is 5.73 Å². The van der Waals surface area contributed by atoms with Crippen molar-refractivity contribution in [2.24, 2.45) is 0 Å². The summed E-state index contributed by atoms with van der Waals surface area (Å²) in [7, 11) is 0. The number of benzene rings is 1. The van der Waals surface area contributed by atoms with Crippen LogP contribution in [0.5, 0.6) is 0 Å². The molecule has 2 rings (SSSR count). The number of nitrogens with two attached hydrogens (primary N) is 1. The van der Waals surface area contributed by atoms with E-state index in [1.807, 2.05) is 35.9 Å². The van der Waals surface area contributed by atoms with Crippen LogP contribution in [0.25, 0.3) is 5.69 Å². The average Bonchev–Trinajstić information content (AvgIpc) is 2.56. The quantitative estimate of drug-likeness (QED) is 0.668. The molecule has 3 nitrogen and oxygen atoms in total. The molecule has 1 heterocycles. The third-order valence-electron chi connectivity index (χ3n) is 2.00. The minimum Gasteiger partial charge on any atom is -0.399 e. The summed E-state index contributed by atoms with van der Waals surface area (Å²) in [5.41, 5.74) is 8.72. The zero-order chi connectivity index (χ0) is 9.26. The number of hydrogen-bond acceptors (Lipinski definition) is 2. The molecule has 66 valence electrons. The first kappa shape index (κ1) is 7.86. The molecule has 0 aliphatic heterocycles. The van der Waals surface area contributed by atoms with Crippen molar-refractivity contribution in [3.8, 4) is 5.69 Å². The van der Waals surface area contributed by atoms with Gasteiger partial charge in [-0.2, -0.15) is 0 Å². The van der Waals surface area contributed by atoms with Crippen LogP contribution < -0.4 is 5.73 Å². The maximum atomic E-state index is 5.66. The third kappa shape index (κ3) is 1.40. The summed E-state index contributed by atoms with van der Waals surface area (Å²) in [5.74, 6) is 0. The normalized spacial score (nSPS) is 10.2. The van der Waals surface area contributed by atoms with Gasteiger partial charge in [-0.3, -0.25) is 0 Å². The summed E-state index contributed by atoms with van der Waals surface area (Å²) in [5, 5.41) is 0. The largest absolute Gasteiger partial charge is 0.399 e. The topological polar surface area (TPSA) is 43.8 Å². The first-order valence-electron chi connectivity index (χ1n) is 4.12. The maximum Gasteiger partial charge on any atom is 0.0991 e. The van der Waals surface area contributed by atoms with E-state index in [2.05, 4.69) is 4.98 Å². The molecule has 1 aromatic carbocycles. The SMILES string of the molecule is Cc1cc(N)ccc1-n1ccnc1. The van der Waals surface area contributed by atoms with Gasteiger partial charge in [-0.15, -0.1) is 0 Å². The fourth-order valence-electron chi connectivity index (χ4n) is 1.37. The molecule has 0 atom stereocenters. The Balaban J connectivity index is 2.53. The van der Waals surface area contributed by atoms with Crippen molar-refractivity contribution in [3.63, 3.8) is 0 Å². The van der Waals surface area contributed by atoms with E-state index in [1.165, 1.54) is 0 Å². The predicted molar refractivity (Wildman–Crippen MR) is 52.7 cm³/mol. The number of rotatable bonds is 1. The van der Waals surface area contributed by atoms with Crippen molar-refractivity contribution < 1.29 is 0 Å². The highest BCUT2D eigenvalue weighted by molar-refractivity contribution is 5.50. The number of anilines is 1. The second-order valence-corrected chi connectivity index (χ2v) is 3.02. The van der Waals surface area contributed by atoms with Crippen molar-refractivity contribution in [1.82, 2.24) is 9.55 Å². The highest BCUT2D eigenvalue weighted by atomic mass is 15.0. The Hall–Kier alpha value is -1.77. The summed E-state index contributed by atoms with van der Waals surface area (Å²) in [6.45, 7) is 2.03. The molecular formula is C10H11N3. The standard InChI is InChI=1S/C10H11N3/c1-8-6-9(11)2-3-10(8)13-5-4-12-7-13/h2-7H,11H2,1H3. The molecule has 0 bridgehead atoms. The van der Waals surface area contributed by atoms with Crippen molar-refractivity contribution in [2.45, 2.75) is 6.92 Å². The molecule has 13 heavy (non-hydrogen) atoms. The van der Waals surface area contributed by atoms with Gasteiger partial charge in [0, 0.05) is 23.8 Å². The molecule has 0 saturated heterocycles. The van der Waals surface area contributed by atoms with E-state index in [0.29, 0.717) is 0 Å². The zero-order valence-electron chi connectivity index (χ0n) is 7.44. The Labute approximate surface area is 76.8 Å². The zero-order valence-corrected chi connectivity index (χ0v) is 7.44. The molecule has 0 amide bonds. The Morgan fingerprint density at radius 1 is 1.38 bits per heavy atom. The van der Waals surface area contributed by atoms with Crippen molar-refractivity contribution >= 4 is 5.69 Å². The van der Waals surface area contributed by atoms with Crippen LogP contribution in [0.15, 0.2) is 36.9 Å². The van der Waals surface area contributed by atoms with E-state index in [0.717, 1.165) is 16.9 Å². The van der Waals surface area contributed by atoms with Gasteiger partial charge in [-0.05, 0) is 30.7 Å². The molecule has 0 aliphatic carbocycles. The highest BCUT2D eigenvalue weighted by Crippen LogP contribution is 2.16. The van der Waals surface area contributed by atoms with Crippen molar-refractivity contribution in [3.05, 3.63) is 42.5 Å². The Kier molecular flexibility index (Phi) is 1.77. The molecular weight excluding hydrogens is 162 g/mol. The molecule has 0 unspecified atom stereocenters. The van der Waals surface area contributed by atoms with Crippen molar-refractivity contribution in [1.29, 1.82) is 0 Å². The lowest BCUT2D eigenvalue weighted by molar-refractivity contribution is 1.04. The molecule has 2 aromatic rings. The highest BCUT2D eigenvalue weighted by Gasteiger charge is 1.99. The number of nitrogen functional groups attached to an aromatic ring is 1. The van der Waals surface area contributed by atoms with Crippen LogP contribution in [-0.4, -0.2) is 9.55 Å². The number of aryl methyl sites for hydroxylation is 1. The molecule has 0 spiro atoms. The lowest BCUT2D eigenvalue weighted by Gasteiger charge is -2.06. The summed E-state index contributed by atoms with van der Waals surface area (Å²) in [4.78, 5) is 3.99. The Morgan fingerprint density at radius 2 is 2.23 bits per heavy atom. The molecule has 2 N–H and O–H groups in total. The third-order valence-corrected chi connectivity index (χ3v) is 2.00. The van der Waals surface area contributed by atoms with E-state index in [9.17, 15) is 0 Å². The van der Waals surface area contributed by atoms with Gasteiger partial charge in [0.1, 0.15) is 0 Å². The van der Waals surface area contributed by atoms with E-state index >= 15 is 0 Å². The van der Waals surface area contributed by atoms with E-state index in [4.69, 9.17) is 5.73 Å². The second kappa shape index (κ2) is 2.94. The van der Waals surface area contributed by atoms with E-state index < -0.39 is 0 Å². The van der Waals surface area contributed by atoms with E-state index in [1.54, 1.807) is 12.5 Å². The summed E-state index contributed by atoms with van der Waals surface area (Å²) >= 11 is 0.